The first kappa shape index (κ1) is 15.0. The highest BCUT2D eigenvalue weighted by atomic mass is 16.2. The molecule has 0 aliphatic heterocycles. The Kier molecular flexibility index (Phi) is 6.72. The fraction of sp³-hybridized carbons (Fsp3) is 0.846. The molecule has 0 atom stereocenters. The van der Waals surface area contributed by atoms with Gasteiger partial charge >= 0.3 is 0 Å². The van der Waals surface area contributed by atoms with Gasteiger partial charge in [0.15, 0.2) is 0 Å². The van der Waals surface area contributed by atoms with Gasteiger partial charge in [0, 0.05) is 25.6 Å². The lowest BCUT2D eigenvalue weighted by Crippen LogP contribution is -2.38. The van der Waals surface area contributed by atoms with Crippen LogP contribution < -0.4 is 10.6 Å². The second-order valence-electron chi connectivity index (χ2n) is 4.69. The van der Waals surface area contributed by atoms with E-state index < -0.39 is 0 Å². The zero-order chi connectivity index (χ0) is 13.4. The van der Waals surface area contributed by atoms with Crippen LogP contribution in [0.4, 0.5) is 0 Å². The summed E-state index contributed by atoms with van der Waals surface area (Å²) >= 11 is 0. The number of nitrogens with one attached hydrogen (secondary N) is 2. The Hall–Kier alpha value is -1.10. The fourth-order valence-electron chi connectivity index (χ4n) is 1.78. The first-order valence-corrected chi connectivity index (χ1v) is 6.95. The molecule has 0 radical (unpaired) electrons. The lowest BCUT2D eigenvalue weighted by Gasteiger charge is -2.18. The first-order valence-electron chi connectivity index (χ1n) is 6.95. The maximum absolute atomic E-state index is 11.6. The molecule has 0 bridgehead atoms. The van der Waals surface area contributed by atoms with E-state index in [1.165, 1.54) is 0 Å². The molecule has 104 valence electrons. The van der Waals surface area contributed by atoms with E-state index in [2.05, 4.69) is 10.6 Å². The highest BCUT2D eigenvalue weighted by Gasteiger charge is 2.22. The topological polar surface area (TPSA) is 61.4 Å². The normalized spacial score (nSPS) is 14.3. The van der Waals surface area contributed by atoms with E-state index in [0.29, 0.717) is 25.6 Å². The SMILES string of the molecule is CCN(CC)C(=O)CNCCCC(=O)NC1CC1. The third-order valence-electron chi connectivity index (χ3n) is 3.09. The number of hydrogen-bond donors (Lipinski definition) is 2. The molecule has 2 amide bonds. The average molecular weight is 255 g/mol. The Balaban J connectivity index is 1.96. The smallest absolute Gasteiger partial charge is 0.236 e. The number of likely N-dealkylation sites (N-methyl/N-ethyl adjacent to an activating group) is 1. The molecule has 0 saturated heterocycles. The number of carbonyl (C=O) groups is 2. The summed E-state index contributed by atoms with van der Waals surface area (Å²) in [5.74, 6) is 0.261. The number of amides is 2. The van der Waals surface area contributed by atoms with E-state index in [1.807, 2.05) is 13.8 Å². The monoisotopic (exact) mass is 255 g/mol. The number of carbonyl (C=O) groups excluding carboxylic acids is 2. The Morgan fingerprint density at radius 1 is 1.22 bits per heavy atom. The maximum atomic E-state index is 11.6. The first-order chi connectivity index (χ1) is 8.67. The molecule has 1 fully saturated rings. The predicted molar refractivity (Wildman–Crippen MR) is 71.2 cm³/mol. The quantitative estimate of drug-likeness (QED) is 0.590. The van der Waals surface area contributed by atoms with Crippen LogP contribution in [0.5, 0.6) is 0 Å². The zero-order valence-electron chi connectivity index (χ0n) is 11.5. The average Bonchev–Trinajstić information content (AvgIpc) is 3.14. The van der Waals surface area contributed by atoms with Crippen LogP contribution in [0.15, 0.2) is 0 Å². The second kappa shape index (κ2) is 8.08. The lowest BCUT2D eigenvalue weighted by atomic mass is 10.3. The Labute approximate surface area is 109 Å². The van der Waals surface area contributed by atoms with Crippen LogP contribution >= 0.6 is 0 Å². The molecular weight excluding hydrogens is 230 g/mol. The fourth-order valence-corrected chi connectivity index (χ4v) is 1.78. The molecule has 0 aromatic carbocycles. The van der Waals surface area contributed by atoms with E-state index in [0.717, 1.165) is 32.4 Å². The number of hydrogen-bond acceptors (Lipinski definition) is 3. The minimum atomic E-state index is 0.127. The van der Waals surface area contributed by atoms with Gasteiger partial charge in [0.1, 0.15) is 0 Å². The van der Waals surface area contributed by atoms with Crippen molar-refractivity contribution in [3.05, 3.63) is 0 Å². The number of nitrogens with zero attached hydrogens (tertiary/aromatic N) is 1. The minimum Gasteiger partial charge on any atom is -0.353 e. The van der Waals surface area contributed by atoms with Crippen LogP contribution in [0.3, 0.4) is 0 Å². The summed E-state index contributed by atoms with van der Waals surface area (Å²) in [7, 11) is 0. The van der Waals surface area contributed by atoms with Crippen LogP contribution in [0.25, 0.3) is 0 Å². The summed E-state index contributed by atoms with van der Waals surface area (Å²) in [5, 5.41) is 6.04. The Morgan fingerprint density at radius 2 is 1.89 bits per heavy atom. The van der Waals surface area contributed by atoms with Gasteiger partial charge in [0.2, 0.25) is 11.8 Å². The van der Waals surface area contributed by atoms with Crippen LogP contribution in [0.2, 0.25) is 0 Å². The predicted octanol–water partition coefficient (Wildman–Crippen LogP) is 0.503. The van der Waals surface area contributed by atoms with Crippen LogP contribution in [-0.4, -0.2) is 48.9 Å². The van der Waals surface area contributed by atoms with Crippen molar-refractivity contribution >= 4 is 11.8 Å². The number of rotatable bonds is 9. The molecule has 1 aliphatic rings. The van der Waals surface area contributed by atoms with Crippen molar-refractivity contribution in [2.24, 2.45) is 0 Å². The van der Waals surface area contributed by atoms with Gasteiger partial charge in [-0.3, -0.25) is 9.59 Å². The van der Waals surface area contributed by atoms with Crippen LogP contribution in [0, 0.1) is 0 Å². The maximum Gasteiger partial charge on any atom is 0.236 e. The van der Waals surface area contributed by atoms with Crippen molar-refractivity contribution in [3.63, 3.8) is 0 Å². The van der Waals surface area contributed by atoms with Gasteiger partial charge < -0.3 is 15.5 Å². The summed E-state index contributed by atoms with van der Waals surface area (Å²) < 4.78 is 0. The molecule has 2 N–H and O–H groups in total. The van der Waals surface area contributed by atoms with Gasteiger partial charge in [-0.05, 0) is 39.7 Å². The molecule has 18 heavy (non-hydrogen) atoms. The largest absolute Gasteiger partial charge is 0.353 e. The van der Waals surface area contributed by atoms with Gasteiger partial charge in [-0.25, -0.2) is 0 Å². The highest BCUT2D eigenvalue weighted by Crippen LogP contribution is 2.18. The van der Waals surface area contributed by atoms with Crippen molar-refractivity contribution in [1.82, 2.24) is 15.5 Å². The van der Waals surface area contributed by atoms with E-state index in [1.54, 1.807) is 4.90 Å². The summed E-state index contributed by atoms with van der Waals surface area (Å²) in [5.41, 5.74) is 0. The van der Waals surface area contributed by atoms with E-state index in [9.17, 15) is 9.59 Å². The Bertz CT molecular complexity index is 273. The molecule has 1 saturated carbocycles. The van der Waals surface area contributed by atoms with Crippen molar-refractivity contribution in [2.75, 3.05) is 26.2 Å². The van der Waals surface area contributed by atoms with Gasteiger partial charge in [-0.15, -0.1) is 0 Å². The van der Waals surface area contributed by atoms with E-state index in [-0.39, 0.29) is 11.8 Å². The van der Waals surface area contributed by atoms with Gasteiger partial charge in [-0.2, -0.15) is 0 Å². The van der Waals surface area contributed by atoms with Crippen molar-refractivity contribution in [2.45, 2.75) is 45.6 Å². The minimum absolute atomic E-state index is 0.127. The summed E-state index contributed by atoms with van der Waals surface area (Å²) in [6, 6.07) is 0.440. The van der Waals surface area contributed by atoms with E-state index in [4.69, 9.17) is 0 Å². The summed E-state index contributed by atoms with van der Waals surface area (Å²) in [4.78, 5) is 24.8. The molecule has 5 heteroatoms. The van der Waals surface area contributed by atoms with Crippen molar-refractivity contribution < 1.29 is 9.59 Å². The molecule has 0 aromatic rings. The molecular formula is C13H25N3O2. The van der Waals surface area contributed by atoms with Crippen molar-refractivity contribution in [1.29, 1.82) is 0 Å². The molecule has 0 heterocycles. The van der Waals surface area contributed by atoms with E-state index >= 15 is 0 Å². The van der Waals surface area contributed by atoms with Crippen LogP contribution in [-0.2, 0) is 9.59 Å². The highest BCUT2D eigenvalue weighted by molar-refractivity contribution is 5.78. The Morgan fingerprint density at radius 3 is 2.44 bits per heavy atom. The molecule has 1 rings (SSSR count). The molecule has 0 aromatic heterocycles. The third kappa shape index (κ3) is 6.00. The lowest BCUT2D eigenvalue weighted by molar-refractivity contribution is -0.129. The van der Waals surface area contributed by atoms with Crippen LogP contribution in [0.1, 0.15) is 39.5 Å². The van der Waals surface area contributed by atoms with Gasteiger partial charge in [-0.1, -0.05) is 0 Å². The summed E-state index contributed by atoms with van der Waals surface area (Å²) in [6.45, 7) is 6.53. The molecule has 5 nitrogen and oxygen atoms in total. The molecule has 1 aliphatic carbocycles. The van der Waals surface area contributed by atoms with Crippen molar-refractivity contribution in [3.8, 4) is 0 Å². The third-order valence-corrected chi connectivity index (χ3v) is 3.09. The molecule has 0 spiro atoms. The van der Waals surface area contributed by atoms with Gasteiger partial charge in [0.25, 0.3) is 0 Å². The summed E-state index contributed by atoms with van der Waals surface area (Å²) in [6.07, 6.45) is 3.58. The zero-order valence-corrected chi connectivity index (χ0v) is 11.5. The second-order valence-corrected chi connectivity index (χ2v) is 4.69. The molecule has 0 unspecified atom stereocenters. The standard InChI is InChI=1S/C13H25N3O2/c1-3-16(4-2)13(18)10-14-9-5-6-12(17)15-11-7-8-11/h11,14H,3-10H2,1-2H3,(H,15,17). The van der Waals surface area contributed by atoms with Gasteiger partial charge in [0.05, 0.1) is 6.54 Å².